The largest absolute Gasteiger partial charge is 0.382 e. The molecule has 2 aromatic rings. The van der Waals surface area contributed by atoms with Crippen LogP contribution in [0.5, 0.6) is 0 Å². The number of anilines is 1. The summed E-state index contributed by atoms with van der Waals surface area (Å²) in [6.45, 7) is 3.19. The summed E-state index contributed by atoms with van der Waals surface area (Å²) < 4.78 is 7.32. The smallest absolute Gasteiger partial charge is 0.252 e. The van der Waals surface area contributed by atoms with Gasteiger partial charge in [0.05, 0.1) is 18.2 Å². The van der Waals surface area contributed by atoms with Gasteiger partial charge in [0.25, 0.3) is 5.56 Å². The number of hydrogen-bond donors (Lipinski definition) is 2. The van der Waals surface area contributed by atoms with Crippen molar-refractivity contribution in [2.75, 3.05) is 31.6 Å². The summed E-state index contributed by atoms with van der Waals surface area (Å²) in [6, 6.07) is 9.56. The van der Waals surface area contributed by atoms with E-state index in [1.807, 2.05) is 24.3 Å². The molecular formula is C15H19N3O2. The first kappa shape index (κ1) is 13.1. The Labute approximate surface area is 117 Å². The quantitative estimate of drug-likeness (QED) is 0.874. The van der Waals surface area contributed by atoms with E-state index in [0.29, 0.717) is 6.54 Å². The Morgan fingerprint density at radius 3 is 3.10 bits per heavy atom. The summed E-state index contributed by atoms with van der Waals surface area (Å²) in [5.74, 6) is 0. The molecule has 3 rings (SSSR count). The molecular weight excluding hydrogens is 254 g/mol. The normalized spacial score (nSPS) is 19.1. The topological polar surface area (TPSA) is 55.3 Å². The Hall–Kier alpha value is -1.85. The fourth-order valence-electron chi connectivity index (χ4n) is 2.53. The first-order chi connectivity index (χ1) is 9.75. The molecule has 20 heavy (non-hydrogen) atoms. The molecule has 1 aliphatic heterocycles. The Bertz CT molecular complexity index is 660. The van der Waals surface area contributed by atoms with Gasteiger partial charge < -0.3 is 19.9 Å². The SMILES string of the molecule is Cn1c(=O)cc(NCC2CNCCO2)c2ccccc21. The van der Waals surface area contributed by atoms with Crippen molar-refractivity contribution in [3.05, 3.63) is 40.7 Å². The summed E-state index contributed by atoms with van der Waals surface area (Å²) in [4.78, 5) is 12.0. The average molecular weight is 273 g/mol. The van der Waals surface area contributed by atoms with Crippen molar-refractivity contribution >= 4 is 16.6 Å². The van der Waals surface area contributed by atoms with Gasteiger partial charge in [-0.15, -0.1) is 0 Å². The number of pyridine rings is 1. The van der Waals surface area contributed by atoms with Crippen molar-refractivity contribution in [1.82, 2.24) is 9.88 Å². The zero-order chi connectivity index (χ0) is 13.9. The van der Waals surface area contributed by atoms with E-state index in [0.717, 1.165) is 36.3 Å². The third-order valence-corrected chi connectivity index (χ3v) is 3.68. The molecule has 5 heteroatoms. The van der Waals surface area contributed by atoms with Gasteiger partial charge in [-0.05, 0) is 6.07 Å². The molecule has 106 valence electrons. The molecule has 1 aromatic heterocycles. The molecule has 0 aliphatic carbocycles. The number of aryl methyl sites for hydroxylation is 1. The maximum Gasteiger partial charge on any atom is 0.252 e. The Kier molecular flexibility index (Phi) is 3.71. The number of nitrogens with zero attached hydrogens (tertiary/aromatic N) is 1. The molecule has 1 unspecified atom stereocenters. The summed E-state index contributed by atoms with van der Waals surface area (Å²) in [6.07, 6.45) is 0.145. The number of para-hydroxylation sites is 1. The van der Waals surface area contributed by atoms with E-state index in [9.17, 15) is 4.79 Å². The molecule has 1 aromatic carbocycles. The van der Waals surface area contributed by atoms with Gasteiger partial charge in [-0.2, -0.15) is 0 Å². The lowest BCUT2D eigenvalue weighted by Crippen LogP contribution is -2.42. The summed E-state index contributed by atoms with van der Waals surface area (Å²) in [5.41, 5.74) is 1.80. The molecule has 5 nitrogen and oxygen atoms in total. The molecule has 0 bridgehead atoms. The highest BCUT2D eigenvalue weighted by Crippen LogP contribution is 2.20. The van der Waals surface area contributed by atoms with Gasteiger partial charge in [-0.3, -0.25) is 4.79 Å². The van der Waals surface area contributed by atoms with Crippen molar-refractivity contribution < 1.29 is 4.74 Å². The third-order valence-electron chi connectivity index (χ3n) is 3.68. The highest BCUT2D eigenvalue weighted by Gasteiger charge is 2.14. The fourth-order valence-corrected chi connectivity index (χ4v) is 2.53. The van der Waals surface area contributed by atoms with E-state index in [1.165, 1.54) is 0 Å². The van der Waals surface area contributed by atoms with Crippen molar-refractivity contribution in [2.24, 2.45) is 7.05 Å². The van der Waals surface area contributed by atoms with Crippen molar-refractivity contribution in [2.45, 2.75) is 6.10 Å². The minimum atomic E-state index is -0.00566. The van der Waals surface area contributed by atoms with Gasteiger partial charge in [0.1, 0.15) is 0 Å². The lowest BCUT2D eigenvalue weighted by Gasteiger charge is -2.24. The molecule has 1 fully saturated rings. The van der Waals surface area contributed by atoms with E-state index in [1.54, 1.807) is 17.7 Å². The standard InChI is InChI=1S/C15H19N3O2/c1-18-14-5-3-2-4-12(14)13(8-15(18)19)17-10-11-9-16-6-7-20-11/h2-5,8,11,16-17H,6-7,9-10H2,1H3. The van der Waals surface area contributed by atoms with E-state index >= 15 is 0 Å². The second-order valence-corrected chi connectivity index (χ2v) is 5.05. The summed E-state index contributed by atoms with van der Waals surface area (Å²) >= 11 is 0. The first-order valence-corrected chi connectivity index (χ1v) is 6.90. The number of fused-ring (bicyclic) bond motifs is 1. The van der Waals surface area contributed by atoms with Crippen molar-refractivity contribution in [3.8, 4) is 0 Å². The number of hydrogen-bond acceptors (Lipinski definition) is 4. The van der Waals surface area contributed by atoms with Gasteiger partial charge in [0, 0.05) is 43.8 Å². The second-order valence-electron chi connectivity index (χ2n) is 5.05. The van der Waals surface area contributed by atoms with Crippen LogP contribution in [0.15, 0.2) is 35.1 Å². The maximum absolute atomic E-state index is 12.0. The minimum absolute atomic E-state index is 0.00566. The molecule has 2 N–H and O–H groups in total. The number of benzene rings is 1. The van der Waals surface area contributed by atoms with Gasteiger partial charge in [0.2, 0.25) is 0 Å². The van der Waals surface area contributed by atoms with E-state index in [4.69, 9.17) is 4.74 Å². The van der Waals surface area contributed by atoms with Gasteiger partial charge in [-0.1, -0.05) is 18.2 Å². The van der Waals surface area contributed by atoms with Crippen LogP contribution in [0.25, 0.3) is 10.9 Å². The highest BCUT2D eigenvalue weighted by atomic mass is 16.5. The van der Waals surface area contributed by atoms with Gasteiger partial charge >= 0.3 is 0 Å². The van der Waals surface area contributed by atoms with E-state index < -0.39 is 0 Å². The average Bonchev–Trinajstić information content (AvgIpc) is 2.50. The van der Waals surface area contributed by atoms with Gasteiger partial charge in [-0.25, -0.2) is 0 Å². The highest BCUT2D eigenvalue weighted by molar-refractivity contribution is 5.91. The molecule has 1 atom stereocenters. The summed E-state index contributed by atoms with van der Waals surface area (Å²) in [7, 11) is 1.79. The van der Waals surface area contributed by atoms with Crippen LogP contribution in [0.1, 0.15) is 0 Å². The molecule has 1 aliphatic rings. The number of nitrogens with one attached hydrogen (secondary N) is 2. The van der Waals surface area contributed by atoms with E-state index in [2.05, 4.69) is 10.6 Å². The zero-order valence-corrected chi connectivity index (χ0v) is 11.6. The lowest BCUT2D eigenvalue weighted by atomic mass is 10.1. The molecule has 2 heterocycles. The monoisotopic (exact) mass is 273 g/mol. The zero-order valence-electron chi connectivity index (χ0n) is 11.6. The predicted octanol–water partition coefficient (Wildman–Crippen LogP) is 0.939. The van der Waals surface area contributed by atoms with E-state index in [-0.39, 0.29) is 11.7 Å². The van der Waals surface area contributed by atoms with Crippen LogP contribution in [0.3, 0.4) is 0 Å². The van der Waals surface area contributed by atoms with Crippen molar-refractivity contribution in [3.63, 3.8) is 0 Å². The van der Waals surface area contributed by atoms with Crippen molar-refractivity contribution in [1.29, 1.82) is 0 Å². The lowest BCUT2D eigenvalue weighted by molar-refractivity contribution is 0.0372. The second kappa shape index (κ2) is 5.64. The van der Waals surface area contributed by atoms with Crippen LogP contribution in [-0.4, -0.2) is 36.9 Å². The Morgan fingerprint density at radius 2 is 2.30 bits per heavy atom. The fraction of sp³-hybridized carbons (Fsp3) is 0.400. The van der Waals surface area contributed by atoms with Gasteiger partial charge in [0.15, 0.2) is 0 Å². The molecule has 0 radical (unpaired) electrons. The molecule has 1 saturated heterocycles. The van der Waals surface area contributed by atoms with Crippen LogP contribution in [0, 0.1) is 0 Å². The summed E-state index contributed by atoms with van der Waals surface area (Å²) in [5, 5.41) is 7.70. The number of morpholine rings is 1. The number of rotatable bonds is 3. The van der Waals surface area contributed by atoms with Crippen LogP contribution >= 0.6 is 0 Å². The molecule has 0 spiro atoms. The number of aromatic nitrogens is 1. The maximum atomic E-state index is 12.0. The molecule has 0 saturated carbocycles. The Balaban J connectivity index is 1.87. The first-order valence-electron chi connectivity index (χ1n) is 6.90. The van der Waals surface area contributed by atoms with Crippen LogP contribution in [0.2, 0.25) is 0 Å². The third kappa shape index (κ3) is 2.55. The van der Waals surface area contributed by atoms with Crippen LogP contribution in [-0.2, 0) is 11.8 Å². The van der Waals surface area contributed by atoms with Crippen LogP contribution in [0.4, 0.5) is 5.69 Å². The van der Waals surface area contributed by atoms with Crippen LogP contribution < -0.4 is 16.2 Å². The predicted molar refractivity (Wildman–Crippen MR) is 80.3 cm³/mol. The number of ether oxygens (including phenoxy) is 1. The minimum Gasteiger partial charge on any atom is -0.382 e. The molecule has 0 amide bonds. The Morgan fingerprint density at radius 1 is 1.45 bits per heavy atom.